The Balaban J connectivity index is 1.96. The van der Waals surface area contributed by atoms with Gasteiger partial charge in [0, 0.05) is 5.92 Å². The van der Waals surface area contributed by atoms with Gasteiger partial charge in [-0.3, -0.25) is 4.79 Å². The van der Waals surface area contributed by atoms with Crippen LogP contribution in [0.3, 0.4) is 0 Å². The summed E-state index contributed by atoms with van der Waals surface area (Å²) in [5.74, 6) is 0.727. The molecule has 0 spiro atoms. The maximum absolute atomic E-state index is 11.2. The molecule has 1 aromatic rings. The van der Waals surface area contributed by atoms with E-state index in [1.165, 1.54) is 6.39 Å². The lowest BCUT2D eigenvalue weighted by Gasteiger charge is -2.25. The van der Waals surface area contributed by atoms with Crippen LogP contribution in [0.2, 0.25) is 0 Å². The molecule has 3 rings (SSSR count). The van der Waals surface area contributed by atoms with E-state index in [1.807, 2.05) is 0 Å². The summed E-state index contributed by atoms with van der Waals surface area (Å²) in [5, 5.41) is 9.24. The molecular weight excluding hydrogens is 194 g/mol. The minimum absolute atomic E-state index is 0.0590. The van der Waals surface area contributed by atoms with Crippen LogP contribution in [-0.2, 0) is 4.79 Å². The molecule has 2 fully saturated rings. The molecule has 2 bridgehead atoms. The average molecular weight is 207 g/mol. The maximum atomic E-state index is 11.2. The molecule has 4 nitrogen and oxygen atoms in total. The highest BCUT2D eigenvalue weighted by molar-refractivity contribution is 5.72. The quantitative estimate of drug-likeness (QED) is 0.804. The van der Waals surface area contributed by atoms with Gasteiger partial charge >= 0.3 is 5.97 Å². The molecule has 0 amide bonds. The van der Waals surface area contributed by atoms with Gasteiger partial charge < -0.3 is 9.52 Å². The van der Waals surface area contributed by atoms with Gasteiger partial charge in [-0.05, 0) is 31.1 Å². The van der Waals surface area contributed by atoms with Crippen LogP contribution in [0.25, 0.3) is 0 Å². The zero-order valence-corrected chi connectivity index (χ0v) is 8.30. The van der Waals surface area contributed by atoms with E-state index >= 15 is 0 Å². The van der Waals surface area contributed by atoms with E-state index in [9.17, 15) is 9.90 Å². The smallest absolute Gasteiger partial charge is 0.307 e. The largest absolute Gasteiger partial charge is 0.481 e. The van der Waals surface area contributed by atoms with Crippen molar-refractivity contribution in [3.05, 3.63) is 18.4 Å². The summed E-state index contributed by atoms with van der Waals surface area (Å²) in [6, 6.07) is 0. The SMILES string of the molecule is O=C(O)C1C2CCC(C2)C1c1cnco1. The Bertz CT molecular complexity index is 373. The van der Waals surface area contributed by atoms with Crippen LogP contribution < -0.4 is 0 Å². The fraction of sp³-hybridized carbons (Fsp3) is 0.636. The summed E-state index contributed by atoms with van der Waals surface area (Å²) < 4.78 is 5.28. The third-order valence-electron chi connectivity index (χ3n) is 3.98. The van der Waals surface area contributed by atoms with Gasteiger partial charge in [0.05, 0.1) is 12.1 Å². The van der Waals surface area contributed by atoms with E-state index in [1.54, 1.807) is 6.20 Å². The van der Waals surface area contributed by atoms with Gasteiger partial charge in [-0.1, -0.05) is 0 Å². The molecular formula is C11H13NO3. The van der Waals surface area contributed by atoms with Gasteiger partial charge in [0.1, 0.15) is 5.76 Å². The summed E-state index contributed by atoms with van der Waals surface area (Å²) in [4.78, 5) is 15.1. The average Bonchev–Trinajstić information content (AvgIpc) is 2.92. The van der Waals surface area contributed by atoms with Crippen molar-refractivity contribution in [3.63, 3.8) is 0 Å². The predicted molar refractivity (Wildman–Crippen MR) is 51.2 cm³/mol. The Morgan fingerprint density at radius 3 is 2.93 bits per heavy atom. The number of carboxylic acids is 1. The number of nitrogens with zero attached hydrogens (tertiary/aromatic N) is 1. The van der Waals surface area contributed by atoms with Gasteiger partial charge in [-0.15, -0.1) is 0 Å². The molecule has 4 heteroatoms. The van der Waals surface area contributed by atoms with Crippen molar-refractivity contribution in [2.75, 3.05) is 0 Å². The number of oxazole rings is 1. The zero-order valence-electron chi connectivity index (χ0n) is 8.30. The third kappa shape index (κ3) is 1.20. The molecule has 4 unspecified atom stereocenters. The summed E-state index contributed by atoms with van der Waals surface area (Å²) >= 11 is 0. The highest BCUT2D eigenvalue weighted by Crippen LogP contribution is 2.56. The standard InChI is InChI=1S/C11H13NO3/c13-11(14)10-7-2-1-6(3-7)9(10)8-4-12-5-15-8/h4-7,9-10H,1-3H2,(H,13,14). The number of carboxylic acid groups (broad SMARTS) is 1. The lowest BCUT2D eigenvalue weighted by molar-refractivity contribution is -0.144. The minimum Gasteiger partial charge on any atom is -0.481 e. The Morgan fingerprint density at radius 1 is 1.47 bits per heavy atom. The summed E-state index contributed by atoms with van der Waals surface area (Å²) in [6.45, 7) is 0. The minimum atomic E-state index is -0.677. The van der Waals surface area contributed by atoms with Gasteiger partial charge in [0.2, 0.25) is 0 Å². The molecule has 2 aliphatic rings. The van der Waals surface area contributed by atoms with E-state index in [0.717, 1.165) is 25.0 Å². The number of hydrogen-bond donors (Lipinski definition) is 1. The van der Waals surface area contributed by atoms with Gasteiger partial charge in [-0.25, -0.2) is 4.98 Å². The molecule has 0 saturated heterocycles. The summed E-state index contributed by atoms with van der Waals surface area (Å²) in [5.41, 5.74) is 0. The first-order chi connectivity index (χ1) is 7.27. The van der Waals surface area contributed by atoms with Crippen molar-refractivity contribution in [1.29, 1.82) is 0 Å². The number of aliphatic carboxylic acids is 1. The maximum Gasteiger partial charge on any atom is 0.307 e. The van der Waals surface area contributed by atoms with Gasteiger partial charge in [0.15, 0.2) is 6.39 Å². The fourth-order valence-corrected chi connectivity index (χ4v) is 3.45. The van der Waals surface area contributed by atoms with Crippen molar-refractivity contribution < 1.29 is 14.3 Å². The second-order valence-corrected chi connectivity index (χ2v) is 4.63. The highest BCUT2D eigenvalue weighted by Gasteiger charge is 2.52. The van der Waals surface area contributed by atoms with Crippen LogP contribution in [0.4, 0.5) is 0 Å². The van der Waals surface area contributed by atoms with E-state index in [0.29, 0.717) is 11.8 Å². The number of fused-ring (bicyclic) bond motifs is 2. The van der Waals surface area contributed by atoms with Crippen LogP contribution in [-0.4, -0.2) is 16.1 Å². The topological polar surface area (TPSA) is 63.3 Å². The molecule has 80 valence electrons. The fourth-order valence-electron chi connectivity index (χ4n) is 3.45. The first-order valence-electron chi connectivity index (χ1n) is 5.38. The van der Waals surface area contributed by atoms with Crippen molar-refractivity contribution in [1.82, 2.24) is 4.98 Å². The van der Waals surface area contributed by atoms with Gasteiger partial charge in [-0.2, -0.15) is 0 Å². The van der Waals surface area contributed by atoms with Crippen LogP contribution in [0, 0.1) is 17.8 Å². The molecule has 0 radical (unpaired) electrons. The second-order valence-electron chi connectivity index (χ2n) is 4.63. The Morgan fingerprint density at radius 2 is 2.27 bits per heavy atom. The van der Waals surface area contributed by atoms with E-state index < -0.39 is 5.97 Å². The molecule has 1 aromatic heterocycles. The van der Waals surface area contributed by atoms with Crippen LogP contribution in [0.15, 0.2) is 17.0 Å². The number of aromatic nitrogens is 1. The molecule has 15 heavy (non-hydrogen) atoms. The molecule has 0 aliphatic heterocycles. The molecule has 2 saturated carbocycles. The second kappa shape index (κ2) is 3.08. The Kier molecular flexibility index (Phi) is 1.84. The van der Waals surface area contributed by atoms with Gasteiger partial charge in [0.25, 0.3) is 0 Å². The Labute approximate surface area is 87.3 Å². The molecule has 1 N–H and O–H groups in total. The highest BCUT2D eigenvalue weighted by atomic mass is 16.4. The van der Waals surface area contributed by atoms with E-state index in [-0.39, 0.29) is 11.8 Å². The molecule has 2 aliphatic carbocycles. The predicted octanol–water partition coefficient (Wildman–Crippen LogP) is 1.89. The first kappa shape index (κ1) is 8.95. The number of carbonyl (C=O) groups is 1. The normalized spacial score (nSPS) is 38.4. The van der Waals surface area contributed by atoms with Crippen LogP contribution in [0.5, 0.6) is 0 Å². The number of hydrogen-bond acceptors (Lipinski definition) is 3. The molecule has 1 heterocycles. The van der Waals surface area contributed by atoms with Crippen molar-refractivity contribution >= 4 is 5.97 Å². The summed E-state index contributed by atoms with van der Waals surface area (Å²) in [7, 11) is 0. The zero-order chi connectivity index (χ0) is 10.4. The van der Waals surface area contributed by atoms with Crippen LogP contribution in [0.1, 0.15) is 30.9 Å². The molecule has 4 atom stereocenters. The lowest BCUT2D eigenvalue weighted by Crippen LogP contribution is -2.27. The lowest BCUT2D eigenvalue weighted by atomic mass is 9.78. The van der Waals surface area contributed by atoms with E-state index in [2.05, 4.69) is 4.98 Å². The first-order valence-corrected chi connectivity index (χ1v) is 5.38. The summed E-state index contributed by atoms with van der Waals surface area (Å²) in [6.07, 6.45) is 6.30. The van der Waals surface area contributed by atoms with Crippen molar-refractivity contribution in [2.45, 2.75) is 25.2 Å². The van der Waals surface area contributed by atoms with Crippen molar-refractivity contribution in [3.8, 4) is 0 Å². The third-order valence-corrected chi connectivity index (χ3v) is 3.98. The monoisotopic (exact) mass is 207 g/mol. The molecule has 0 aromatic carbocycles. The van der Waals surface area contributed by atoms with Crippen molar-refractivity contribution in [2.24, 2.45) is 17.8 Å². The van der Waals surface area contributed by atoms with Crippen LogP contribution >= 0.6 is 0 Å². The number of rotatable bonds is 2. The van der Waals surface area contributed by atoms with E-state index in [4.69, 9.17) is 4.42 Å². The Hall–Kier alpha value is -1.32.